The molecule has 0 unspecified atom stereocenters. The second kappa shape index (κ2) is 7.17. The fraction of sp³-hybridized carbons (Fsp3) is 0.222. The summed E-state index contributed by atoms with van der Waals surface area (Å²) in [5.74, 6) is 0.524. The van der Waals surface area contributed by atoms with E-state index in [1.165, 1.54) is 24.9 Å². The number of hydrogen-bond donors (Lipinski definition) is 1. The van der Waals surface area contributed by atoms with Crippen molar-refractivity contribution < 1.29 is 4.79 Å². The van der Waals surface area contributed by atoms with Gasteiger partial charge in [0.15, 0.2) is 5.65 Å². The molecule has 1 N–H and O–H groups in total. The van der Waals surface area contributed by atoms with E-state index in [-0.39, 0.29) is 16.9 Å². The van der Waals surface area contributed by atoms with E-state index in [1.807, 2.05) is 19.1 Å². The van der Waals surface area contributed by atoms with Crippen LogP contribution in [0.15, 0.2) is 51.0 Å². The minimum Gasteiger partial charge on any atom is -0.321 e. The highest BCUT2D eigenvalue weighted by Crippen LogP contribution is 2.24. The molecule has 0 bridgehead atoms. The molecule has 0 aliphatic rings. The molecule has 0 atom stereocenters. The normalized spacial score (nSPS) is 10.9. The molecule has 26 heavy (non-hydrogen) atoms. The number of nitrogens with one attached hydrogen (secondary N) is 1. The van der Waals surface area contributed by atoms with Crippen molar-refractivity contribution in [3.05, 3.63) is 62.9 Å². The molecular weight excluding hydrogens is 352 g/mol. The number of carbonyl (C=O) groups is 1. The lowest BCUT2D eigenvalue weighted by molar-refractivity contribution is 0.102. The molecule has 0 aliphatic heterocycles. The van der Waals surface area contributed by atoms with E-state index in [2.05, 4.69) is 10.3 Å². The molecule has 1 amide bonds. The molecule has 7 nitrogen and oxygen atoms in total. The van der Waals surface area contributed by atoms with Crippen molar-refractivity contribution in [2.45, 2.75) is 11.8 Å². The van der Waals surface area contributed by atoms with Crippen LogP contribution in [0.3, 0.4) is 0 Å². The monoisotopic (exact) mass is 370 g/mol. The number of rotatable bonds is 4. The van der Waals surface area contributed by atoms with Crippen LogP contribution in [0.25, 0.3) is 11.0 Å². The molecule has 8 heteroatoms. The number of benzene rings is 1. The van der Waals surface area contributed by atoms with Gasteiger partial charge in [-0.2, -0.15) is 0 Å². The van der Waals surface area contributed by atoms with E-state index in [0.717, 1.165) is 15.2 Å². The Kier molecular flexibility index (Phi) is 4.94. The highest BCUT2D eigenvalue weighted by molar-refractivity contribution is 7.99. The standard InChI is InChI=1S/C18H18N4O3S/c1-4-26-13-8-6-5-7-11(13)16(23)20-12-9-10-19-15-14(12)17(24)22(3)18(25)21(15)2/h5-10H,4H2,1-3H3,(H,19,20,23). The molecule has 0 spiro atoms. The summed E-state index contributed by atoms with van der Waals surface area (Å²) in [6.45, 7) is 2.01. The lowest BCUT2D eigenvalue weighted by atomic mass is 10.2. The third kappa shape index (κ3) is 3.03. The third-order valence-electron chi connectivity index (χ3n) is 4.02. The molecule has 134 valence electrons. The molecule has 0 fully saturated rings. The largest absolute Gasteiger partial charge is 0.332 e. The number of aryl methyl sites for hydroxylation is 1. The van der Waals surface area contributed by atoms with Crippen LogP contribution in [-0.4, -0.2) is 25.8 Å². The van der Waals surface area contributed by atoms with E-state index < -0.39 is 11.2 Å². The van der Waals surface area contributed by atoms with Crippen LogP contribution < -0.4 is 16.6 Å². The first-order chi connectivity index (χ1) is 12.5. The van der Waals surface area contributed by atoms with E-state index in [4.69, 9.17) is 0 Å². The van der Waals surface area contributed by atoms with Gasteiger partial charge in [-0.1, -0.05) is 19.1 Å². The van der Waals surface area contributed by atoms with Crippen molar-refractivity contribution in [2.24, 2.45) is 14.1 Å². The van der Waals surface area contributed by atoms with Crippen LogP contribution in [-0.2, 0) is 14.1 Å². The number of fused-ring (bicyclic) bond motifs is 1. The molecule has 0 saturated heterocycles. The smallest absolute Gasteiger partial charge is 0.321 e. The highest BCUT2D eigenvalue weighted by atomic mass is 32.2. The lowest BCUT2D eigenvalue weighted by Crippen LogP contribution is -2.37. The molecule has 2 heterocycles. The van der Waals surface area contributed by atoms with Gasteiger partial charge < -0.3 is 5.32 Å². The SMILES string of the molecule is CCSc1ccccc1C(=O)Nc1ccnc2c1c(=O)n(C)c(=O)n2C. The first-order valence-electron chi connectivity index (χ1n) is 8.03. The molecule has 3 rings (SSSR count). The lowest BCUT2D eigenvalue weighted by Gasteiger charge is -2.12. The van der Waals surface area contributed by atoms with Gasteiger partial charge in [0.1, 0.15) is 5.39 Å². The predicted molar refractivity (Wildman–Crippen MR) is 103 cm³/mol. The van der Waals surface area contributed by atoms with Crippen molar-refractivity contribution in [3.63, 3.8) is 0 Å². The summed E-state index contributed by atoms with van der Waals surface area (Å²) in [6.07, 6.45) is 1.46. The average molecular weight is 370 g/mol. The van der Waals surface area contributed by atoms with Gasteiger partial charge >= 0.3 is 5.69 Å². The zero-order valence-electron chi connectivity index (χ0n) is 14.6. The molecular formula is C18H18N4O3S. The van der Waals surface area contributed by atoms with Crippen LogP contribution in [0.4, 0.5) is 5.69 Å². The number of nitrogens with zero attached hydrogens (tertiary/aromatic N) is 3. The maximum atomic E-state index is 12.8. The van der Waals surface area contributed by atoms with Gasteiger partial charge in [-0.15, -0.1) is 11.8 Å². The van der Waals surface area contributed by atoms with Gasteiger partial charge in [-0.25, -0.2) is 9.78 Å². The van der Waals surface area contributed by atoms with Gasteiger partial charge in [-0.05, 0) is 24.0 Å². The van der Waals surface area contributed by atoms with Crippen molar-refractivity contribution in [1.29, 1.82) is 0 Å². The minimum absolute atomic E-state index is 0.200. The molecule has 3 aromatic rings. The maximum Gasteiger partial charge on any atom is 0.332 e. The van der Waals surface area contributed by atoms with Crippen LogP contribution in [0.2, 0.25) is 0 Å². The summed E-state index contributed by atoms with van der Waals surface area (Å²) in [7, 11) is 2.94. The van der Waals surface area contributed by atoms with E-state index in [9.17, 15) is 14.4 Å². The number of hydrogen-bond acceptors (Lipinski definition) is 5. The summed E-state index contributed by atoms with van der Waals surface area (Å²) in [5, 5.41) is 2.99. The van der Waals surface area contributed by atoms with Gasteiger partial charge in [0.2, 0.25) is 0 Å². The number of carbonyl (C=O) groups excluding carboxylic acids is 1. The van der Waals surface area contributed by atoms with Crippen LogP contribution in [0, 0.1) is 0 Å². The Hall–Kier alpha value is -2.87. The summed E-state index contributed by atoms with van der Waals surface area (Å²) in [4.78, 5) is 42.4. The zero-order valence-corrected chi connectivity index (χ0v) is 15.5. The summed E-state index contributed by atoms with van der Waals surface area (Å²) in [6, 6.07) is 8.85. The average Bonchev–Trinajstić information content (AvgIpc) is 2.65. The number of pyridine rings is 1. The summed E-state index contributed by atoms with van der Waals surface area (Å²) in [5.41, 5.74) is 0.122. The Morgan fingerprint density at radius 2 is 1.88 bits per heavy atom. The van der Waals surface area contributed by atoms with E-state index in [0.29, 0.717) is 11.3 Å². The third-order valence-corrected chi connectivity index (χ3v) is 4.98. The van der Waals surface area contributed by atoms with Crippen molar-refractivity contribution in [3.8, 4) is 0 Å². The quantitative estimate of drug-likeness (QED) is 0.710. The second-order valence-corrected chi connectivity index (χ2v) is 6.95. The fourth-order valence-electron chi connectivity index (χ4n) is 2.72. The summed E-state index contributed by atoms with van der Waals surface area (Å²) < 4.78 is 2.29. The number of aromatic nitrogens is 3. The Morgan fingerprint density at radius 1 is 1.15 bits per heavy atom. The number of anilines is 1. The first kappa shape index (κ1) is 17.9. The van der Waals surface area contributed by atoms with Crippen molar-refractivity contribution >= 4 is 34.4 Å². The van der Waals surface area contributed by atoms with Gasteiger partial charge in [0.25, 0.3) is 11.5 Å². The minimum atomic E-state index is -0.497. The van der Waals surface area contributed by atoms with Crippen LogP contribution in [0.5, 0.6) is 0 Å². The van der Waals surface area contributed by atoms with Crippen molar-refractivity contribution in [2.75, 3.05) is 11.1 Å². The maximum absolute atomic E-state index is 12.8. The number of amides is 1. The molecule has 0 aliphatic carbocycles. The first-order valence-corrected chi connectivity index (χ1v) is 9.02. The van der Waals surface area contributed by atoms with Crippen LogP contribution >= 0.6 is 11.8 Å². The predicted octanol–water partition coefficient (Wildman–Crippen LogP) is 2.00. The number of thioether (sulfide) groups is 1. The molecule has 2 aromatic heterocycles. The van der Waals surface area contributed by atoms with E-state index >= 15 is 0 Å². The second-order valence-electron chi connectivity index (χ2n) is 5.65. The van der Waals surface area contributed by atoms with Crippen molar-refractivity contribution in [1.82, 2.24) is 14.1 Å². The Bertz CT molecular complexity index is 1120. The van der Waals surface area contributed by atoms with Gasteiger partial charge in [0, 0.05) is 25.2 Å². The highest BCUT2D eigenvalue weighted by Gasteiger charge is 2.17. The van der Waals surface area contributed by atoms with E-state index in [1.54, 1.807) is 30.0 Å². The topological polar surface area (TPSA) is 86.0 Å². The van der Waals surface area contributed by atoms with Gasteiger partial charge in [0.05, 0.1) is 11.3 Å². The molecule has 1 aromatic carbocycles. The Morgan fingerprint density at radius 3 is 2.62 bits per heavy atom. The molecule has 0 radical (unpaired) electrons. The van der Waals surface area contributed by atoms with Crippen LogP contribution in [0.1, 0.15) is 17.3 Å². The zero-order chi connectivity index (χ0) is 18.8. The fourth-order valence-corrected chi connectivity index (χ4v) is 3.52. The van der Waals surface area contributed by atoms with Gasteiger partial charge in [-0.3, -0.25) is 18.7 Å². The summed E-state index contributed by atoms with van der Waals surface area (Å²) >= 11 is 1.57. The molecule has 0 saturated carbocycles. The Balaban J connectivity index is 2.12. The Labute approximate surface area is 153 Å².